The molecule has 18 heavy (non-hydrogen) atoms. The van der Waals surface area contributed by atoms with Gasteiger partial charge in [0.1, 0.15) is 0 Å². The van der Waals surface area contributed by atoms with Crippen molar-refractivity contribution in [3.05, 3.63) is 23.1 Å². The molecule has 0 N–H and O–H groups in total. The second-order valence-electron chi connectivity index (χ2n) is 4.21. The summed E-state index contributed by atoms with van der Waals surface area (Å²) >= 11 is 11.3. The van der Waals surface area contributed by atoms with Gasteiger partial charge in [0.15, 0.2) is 11.6 Å². The van der Waals surface area contributed by atoms with Gasteiger partial charge in [-0.25, -0.2) is 9.37 Å². The van der Waals surface area contributed by atoms with E-state index in [9.17, 15) is 4.39 Å². The third-order valence-corrected chi connectivity index (χ3v) is 3.32. The highest BCUT2D eigenvalue weighted by Crippen LogP contribution is 2.23. The van der Waals surface area contributed by atoms with Gasteiger partial charge in [0, 0.05) is 25.2 Å². The lowest BCUT2D eigenvalue weighted by molar-refractivity contribution is 0.0470. The Hall–Kier alpha value is -0.580. The maximum absolute atomic E-state index is 13.7. The molecule has 3 nitrogen and oxygen atoms in total. The highest BCUT2D eigenvalue weighted by molar-refractivity contribution is 6.30. The molecular weight excluding hydrogens is 278 g/mol. The van der Waals surface area contributed by atoms with Crippen LogP contribution in [0.25, 0.3) is 0 Å². The van der Waals surface area contributed by atoms with Gasteiger partial charge >= 0.3 is 0 Å². The molecule has 1 saturated heterocycles. The second kappa shape index (κ2) is 6.55. The number of hydrogen-bond donors (Lipinski definition) is 0. The first kappa shape index (κ1) is 13.8. The summed E-state index contributed by atoms with van der Waals surface area (Å²) in [5.74, 6) is 0.506. The van der Waals surface area contributed by atoms with Crippen LogP contribution in [0.15, 0.2) is 12.3 Å². The minimum absolute atomic E-state index is 0.218. The minimum Gasteiger partial charge on any atom is -0.377 e. The lowest BCUT2D eigenvalue weighted by Gasteiger charge is -2.32. The number of pyridine rings is 1. The largest absolute Gasteiger partial charge is 0.377 e. The van der Waals surface area contributed by atoms with Crippen molar-refractivity contribution >= 4 is 29.0 Å². The Kier molecular flexibility index (Phi) is 5.03. The van der Waals surface area contributed by atoms with Crippen LogP contribution in [0.1, 0.15) is 12.8 Å². The van der Waals surface area contributed by atoms with Crippen molar-refractivity contribution in [3.8, 4) is 0 Å². The molecule has 0 saturated carbocycles. The molecule has 0 spiro atoms. The smallest absolute Gasteiger partial charge is 0.167 e. The topological polar surface area (TPSA) is 25.4 Å². The van der Waals surface area contributed by atoms with E-state index in [0.717, 1.165) is 25.9 Å². The summed E-state index contributed by atoms with van der Waals surface area (Å²) in [6.45, 7) is 2.04. The highest BCUT2D eigenvalue weighted by Gasteiger charge is 2.22. The molecule has 6 heteroatoms. The van der Waals surface area contributed by atoms with Crippen molar-refractivity contribution in [1.82, 2.24) is 4.98 Å². The van der Waals surface area contributed by atoms with Gasteiger partial charge in [0.2, 0.25) is 0 Å². The van der Waals surface area contributed by atoms with Crippen LogP contribution in [0.3, 0.4) is 0 Å². The molecule has 1 aromatic heterocycles. The number of aromatic nitrogens is 1. The van der Waals surface area contributed by atoms with E-state index in [2.05, 4.69) is 4.98 Å². The Bertz CT molecular complexity index is 398. The van der Waals surface area contributed by atoms with Crippen molar-refractivity contribution in [2.24, 2.45) is 0 Å². The van der Waals surface area contributed by atoms with Gasteiger partial charge in [-0.05, 0) is 18.9 Å². The van der Waals surface area contributed by atoms with Gasteiger partial charge in [-0.1, -0.05) is 11.6 Å². The van der Waals surface area contributed by atoms with E-state index in [4.69, 9.17) is 27.9 Å². The number of anilines is 1. The van der Waals surface area contributed by atoms with Gasteiger partial charge in [-0.15, -0.1) is 11.6 Å². The summed E-state index contributed by atoms with van der Waals surface area (Å²) in [5.41, 5.74) is 0. The van der Waals surface area contributed by atoms with E-state index in [1.54, 1.807) is 0 Å². The molecule has 0 atom stereocenters. The van der Waals surface area contributed by atoms with Crippen molar-refractivity contribution in [1.29, 1.82) is 0 Å². The van der Waals surface area contributed by atoms with Crippen LogP contribution >= 0.6 is 23.2 Å². The number of hydrogen-bond acceptors (Lipinski definition) is 3. The molecule has 0 aliphatic carbocycles. The standard InChI is InChI=1S/C12H15Cl2FN2O/c13-3-6-18-10-1-4-17(5-2-10)12-11(15)7-9(14)8-16-12/h7-8,10H,1-6H2. The van der Waals surface area contributed by atoms with Crippen molar-refractivity contribution in [3.63, 3.8) is 0 Å². The lowest BCUT2D eigenvalue weighted by Crippen LogP contribution is -2.38. The Balaban J connectivity index is 1.93. The van der Waals surface area contributed by atoms with Gasteiger partial charge < -0.3 is 9.64 Å². The average Bonchev–Trinajstić information content (AvgIpc) is 2.37. The SMILES string of the molecule is Fc1cc(Cl)cnc1N1CCC(OCCCl)CC1. The monoisotopic (exact) mass is 292 g/mol. The Labute approximate surface area is 116 Å². The second-order valence-corrected chi connectivity index (χ2v) is 5.02. The number of alkyl halides is 1. The minimum atomic E-state index is -0.373. The Morgan fingerprint density at radius 1 is 1.44 bits per heavy atom. The maximum atomic E-state index is 13.7. The molecular formula is C12H15Cl2FN2O. The third kappa shape index (κ3) is 3.46. The summed E-state index contributed by atoms with van der Waals surface area (Å²) in [6, 6.07) is 1.29. The number of rotatable bonds is 4. The van der Waals surface area contributed by atoms with Crippen LogP contribution in [0, 0.1) is 5.82 Å². The zero-order valence-electron chi connectivity index (χ0n) is 9.91. The summed E-state index contributed by atoms with van der Waals surface area (Å²) < 4.78 is 19.3. The van der Waals surface area contributed by atoms with Gasteiger partial charge in [0.05, 0.1) is 17.7 Å². The third-order valence-electron chi connectivity index (χ3n) is 2.96. The van der Waals surface area contributed by atoms with Crippen LogP contribution < -0.4 is 4.90 Å². The molecule has 0 amide bonds. The highest BCUT2D eigenvalue weighted by atomic mass is 35.5. The first-order valence-electron chi connectivity index (χ1n) is 5.94. The zero-order valence-corrected chi connectivity index (χ0v) is 11.4. The van der Waals surface area contributed by atoms with E-state index in [1.165, 1.54) is 12.3 Å². The summed E-state index contributed by atoms with van der Waals surface area (Å²) in [6.07, 6.45) is 3.41. The average molecular weight is 293 g/mol. The molecule has 1 aliphatic rings. The van der Waals surface area contributed by atoms with E-state index in [0.29, 0.717) is 23.3 Å². The summed E-state index contributed by atoms with van der Waals surface area (Å²) in [4.78, 5) is 5.97. The van der Waals surface area contributed by atoms with E-state index >= 15 is 0 Å². The van der Waals surface area contributed by atoms with E-state index in [1.807, 2.05) is 4.90 Å². The fourth-order valence-corrected chi connectivity index (χ4v) is 2.32. The molecule has 1 fully saturated rings. The van der Waals surface area contributed by atoms with Crippen LogP contribution in [-0.2, 0) is 4.74 Å². The first-order valence-corrected chi connectivity index (χ1v) is 6.85. The number of piperidine rings is 1. The predicted molar refractivity (Wildman–Crippen MR) is 71.1 cm³/mol. The molecule has 0 radical (unpaired) electrons. The number of halogens is 3. The molecule has 0 unspecified atom stereocenters. The first-order chi connectivity index (χ1) is 8.70. The normalized spacial score (nSPS) is 17.2. The Morgan fingerprint density at radius 2 is 2.17 bits per heavy atom. The van der Waals surface area contributed by atoms with E-state index < -0.39 is 0 Å². The molecule has 1 aliphatic heterocycles. The number of nitrogens with zero attached hydrogens (tertiary/aromatic N) is 2. The van der Waals surface area contributed by atoms with Gasteiger partial charge in [-0.2, -0.15) is 0 Å². The van der Waals surface area contributed by atoms with Crippen molar-refractivity contribution in [2.45, 2.75) is 18.9 Å². The fraction of sp³-hybridized carbons (Fsp3) is 0.583. The van der Waals surface area contributed by atoms with Gasteiger partial charge in [-0.3, -0.25) is 0 Å². The lowest BCUT2D eigenvalue weighted by atomic mass is 10.1. The van der Waals surface area contributed by atoms with Crippen LogP contribution in [0.5, 0.6) is 0 Å². The summed E-state index contributed by atoms with van der Waals surface area (Å²) in [7, 11) is 0. The molecule has 0 aromatic carbocycles. The molecule has 2 rings (SSSR count). The fourth-order valence-electron chi connectivity index (χ4n) is 2.09. The van der Waals surface area contributed by atoms with Crippen molar-refractivity contribution < 1.29 is 9.13 Å². The zero-order chi connectivity index (χ0) is 13.0. The summed E-state index contributed by atoms with van der Waals surface area (Å²) in [5, 5.41) is 0.316. The quantitative estimate of drug-likeness (QED) is 0.798. The van der Waals surface area contributed by atoms with Crippen molar-refractivity contribution in [2.75, 3.05) is 30.5 Å². The predicted octanol–water partition coefficient (Wildman–Crippen LogP) is 3.10. The Morgan fingerprint density at radius 3 is 2.78 bits per heavy atom. The molecule has 2 heterocycles. The van der Waals surface area contributed by atoms with Crippen LogP contribution in [0.2, 0.25) is 5.02 Å². The molecule has 0 bridgehead atoms. The number of ether oxygens (including phenoxy) is 1. The van der Waals surface area contributed by atoms with Crippen LogP contribution in [-0.4, -0.2) is 36.7 Å². The molecule has 100 valence electrons. The van der Waals surface area contributed by atoms with Crippen LogP contribution in [0.4, 0.5) is 10.2 Å². The molecule has 1 aromatic rings. The maximum Gasteiger partial charge on any atom is 0.167 e. The van der Waals surface area contributed by atoms with E-state index in [-0.39, 0.29) is 11.9 Å². The van der Waals surface area contributed by atoms with Gasteiger partial charge in [0.25, 0.3) is 0 Å².